The van der Waals surface area contributed by atoms with Gasteiger partial charge >= 0.3 is 0 Å². The number of nitrogens with zero attached hydrogens (tertiary/aromatic N) is 3. The SMILES string of the molecule is COc1ccc(CNCc2cn(C)nc2-c2ccc3c(c2)OCCCO3)cn1. The highest BCUT2D eigenvalue weighted by atomic mass is 16.5. The van der Waals surface area contributed by atoms with Crippen molar-refractivity contribution in [1.29, 1.82) is 0 Å². The molecule has 7 nitrogen and oxygen atoms in total. The van der Waals surface area contributed by atoms with E-state index in [9.17, 15) is 0 Å². The number of aryl methyl sites for hydroxylation is 1. The predicted octanol–water partition coefficient (Wildman–Crippen LogP) is 2.94. The Morgan fingerprint density at radius 2 is 1.96 bits per heavy atom. The monoisotopic (exact) mass is 380 g/mol. The first-order valence-electron chi connectivity index (χ1n) is 9.35. The van der Waals surface area contributed by atoms with E-state index in [-0.39, 0.29) is 0 Å². The number of hydrogen-bond donors (Lipinski definition) is 1. The van der Waals surface area contributed by atoms with Crippen molar-refractivity contribution in [2.24, 2.45) is 7.05 Å². The van der Waals surface area contributed by atoms with Crippen molar-refractivity contribution in [2.75, 3.05) is 20.3 Å². The van der Waals surface area contributed by atoms with Crippen molar-refractivity contribution in [1.82, 2.24) is 20.1 Å². The van der Waals surface area contributed by atoms with Crippen LogP contribution in [-0.4, -0.2) is 35.1 Å². The van der Waals surface area contributed by atoms with Crippen molar-refractivity contribution >= 4 is 0 Å². The van der Waals surface area contributed by atoms with Crippen molar-refractivity contribution < 1.29 is 14.2 Å². The first kappa shape index (κ1) is 18.3. The molecule has 7 heteroatoms. The molecule has 146 valence electrons. The largest absolute Gasteiger partial charge is 0.490 e. The third-order valence-electron chi connectivity index (χ3n) is 4.58. The molecule has 0 fully saturated rings. The molecule has 0 aliphatic carbocycles. The summed E-state index contributed by atoms with van der Waals surface area (Å²) < 4.78 is 18.5. The van der Waals surface area contributed by atoms with Gasteiger partial charge in [0.1, 0.15) is 0 Å². The van der Waals surface area contributed by atoms with E-state index in [1.807, 2.05) is 54.5 Å². The minimum absolute atomic E-state index is 0.618. The van der Waals surface area contributed by atoms with Crippen LogP contribution in [0.25, 0.3) is 11.3 Å². The highest BCUT2D eigenvalue weighted by Crippen LogP contribution is 2.34. The lowest BCUT2D eigenvalue weighted by molar-refractivity contribution is 0.297. The number of aromatic nitrogens is 3. The Balaban J connectivity index is 1.48. The van der Waals surface area contributed by atoms with Gasteiger partial charge in [0.05, 0.1) is 26.0 Å². The van der Waals surface area contributed by atoms with Crippen LogP contribution in [0.2, 0.25) is 0 Å². The molecular formula is C21H24N4O3. The van der Waals surface area contributed by atoms with Gasteiger partial charge in [-0.05, 0) is 23.8 Å². The van der Waals surface area contributed by atoms with E-state index < -0.39 is 0 Å². The predicted molar refractivity (Wildman–Crippen MR) is 106 cm³/mol. The number of pyridine rings is 1. The normalized spacial score (nSPS) is 13.2. The lowest BCUT2D eigenvalue weighted by Crippen LogP contribution is -2.13. The summed E-state index contributed by atoms with van der Waals surface area (Å²) >= 11 is 0. The molecule has 2 aromatic heterocycles. The minimum Gasteiger partial charge on any atom is -0.490 e. The van der Waals surface area contributed by atoms with Crippen LogP contribution in [0, 0.1) is 0 Å². The molecule has 3 heterocycles. The van der Waals surface area contributed by atoms with Crippen molar-refractivity contribution in [3.05, 3.63) is 53.9 Å². The maximum Gasteiger partial charge on any atom is 0.212 e. The summed E-state index contributed by atoms with van der Waals surface area (Å²) in [6.45, 7) is 2.77. The van der Waals surface area contributed by atoms with Crippen LogP contribution in [-0.2, 0) is 20.1 Å². The number of fused-ring (bicyclic) bond motifs is 1. The van der Waals surface area contributed by atoms with Crippen LogP contribution < -0.4 is 19.5 Å². The average Bonchev–Trinajstić information content (AvgIpc) is 2.94. The van der Waals surface area contributed by atoms with E-state index >= 15 is 0 Å². The van der Waals surface area contributed by atoms with E-state index in [2.05, 4.69) is 15.4 Å². The summed E-state index contributed by atoms with van der Waals surface area (Å²) in [4.78, 5) is 4.24. The maximum atomic E-state index is 5.82. The molecule has 0 bridgehead atoms. The zero-order valence-corrected chi connectivity index (χ0v) is 16.1. The second-order valence-electron chi connectivity index (χ2n) is 6.70. The van der Waals surface area contributed by atoms with Gasteiger partial charge in [-0.3, -0.25) is 4.68 Å². The van der Waals surface area contributed by atoms with Gasteiger partial charge < -0.3 is 19.5 Å². The highest BCUT2D eigenvalue weighted by molar-refractivity contribution is 5.66. The molecule has 0 saturated heterocycles. The Hall–Kier alpha value is -3.06. The molecule has 0 radical (unpaired) electrons. The molecule has 0 atom stereocenters. The first-order valence-corrected chi connectivity index (χ1v) is 9.35. The van der Waals surface area contributed by atoms with E-state index in [1.165, 1.54) is 0 Å². The molecule has 0 unspecified atom stereocenters. The second kappa shape index (κ2) is 8.31. The van der Waals surface area contributed by atoms with Crippen LogP contribution in [0.15, 0.2) is 42.7 Å². The van der Waals surface area contributed by atoms with Crippen molar-refractivity contribution in [3.63, 3.8) is 0 Å². The van der Waals surface area contributed by atoms with E-state index in [0.29, 0.717) is 32.2 Å². The quantitative estimate of drug-likeness (QED) is 0.709. The molecule has 0 amide bonds. The van der Waals surface area contributed by atoms with E-state index in [1.54, 1.807) is 7.11 Å². The fourth-order valence-electron chi connectivity index (χ4n) is 3.20. The minimum atomic E-state index is 0.618. The van der Waals surface area contributed by atoms with Crippen molar-refractivity contribution in [3.8, 4) is 28.6 Å². The van der Waals surface area contributed by atoms with Gasteiger partial charge in [0.2, 0.25) is 5.88 Å². The molecule has 0 spiro atoms. The number of ether oxygens (including phenoxy) is 3. The molecular weight excluding hydrogens is 356 g/mol. The van der Waals surface area contributed by atoms with Crippen LogP contribution in [0.3, 0.4) is 0 Å². The van der Waals surface area contributed by atoms with E-state index in [0.717, 1.165) is 40.3 Å². The zero-order valence-electron chi connectivity index (χ0n) is 16.1. The first-order chi connectivity index (χ1) is 13.7. The van der Waals surface area contributed by atoms with Crippen LogP contribution in [0.4, 0.5) is 0 Å². The van der Waals surface area contributed by atoms with Gasteiger partial charge in [0.25, 0.3) is 0 Å². The van der Waals surface area contributed by atoms with Crippen LogP contribution >= 0.6 is 0 Å². The molecule has 4 rings (SSSR count). The second-order valence-corrected chi connectivity index (χ2v) is 6.70. The highest BCUT2D eigenvalue weighted by Gasteiger charge is 2.15. The van der Waals surface area contributed by atoms with Gasteiger partial charge in [0.15, 0.2) is 11.5 Å². The standard InChI is InChI=1S/C21H24N4O3/c1-25-14-17(13-22-11-15-4-7-20(26-2)23-12-15)21(24-25)16-5-6-18-19(10-16)28-9-3-8-27-18/h4-7,10,12,14,22H,3,8-9,11,13H2,1-2H3. The Labute approximate surface area is 164 Å². The Bertz CT molecular complexity index is 937. The maximum absolute atomic E-state index is 5.82. The Kier molecular flexibility index (Phi) is 5.43. The van der Waals surface area contributed by atoms with Gasteiger partial charge in [-0.15, -0.1) is 0 Å². The average molecular weight is 380 g/mol. The molecule has 1 aliphatic rings. The lowest BCUT2D eigenvalue weighted by atomic mass is 10.1. The number of nitrogens with one attached hydrogen (secondary N) is 1. The molecule has 3 aromatic rings. The summed E-state index contributed by atoms with van der Waals surface area (Å²) in [6.07, 6.45) is 4.75. The third-order valence-corrected chi connectivity index (χ3v) is 4.58. The fraction of sp³-hybridized carbons (Fsp3) is 0.333. The topological polar surface area (TPSA) is 70.4 Å². The summed E-state index contributed by atoms with van der Waals surface area (Å²) in [5, 5.41) is 8.11. The lowest BCUT2D eigenvalue weighted by Gasteiger charge is -2.10. The number of rotatable bonds is 6. The van der Waals surface area contributed by atoms with Gasteiger partial charge in [-0.2, -0.15) is 5.10 Å². The fourth-order valence-corrected chi connectivity index (χ4v) is 3.20. The molecule has 0 saturated carbocycles. The summed E-state index contributed by atoms with van der Waals surface area (Å²) in [5.74, 6) is 2.19. The summed E-state index contributed by atoms with van der Waals surface area (Å²) in [7, 11) is 3.55. The van der Waals surface area contributed by atoms with E-state index in [4.69, 9.17) is 14.2 Å². The number of benzene rings is 1. The Morgan fingerprint density at radius 1 is 1.11 bits per heavy atom. The zero-order chi connectivity index (χ0) is 19.3. The third kappa shape index (κ3) is 4.09. The molecule has 1 N–H and O–H groups in total. The number of hydrogen-bond acceptors (Lipinski definition) is 6. The van der Waals surface area contributed by atoms with Crippen LogP contribution in [0.1, 0.15) is 17.5 Å². The molecule has 1 aromatic carbocycles. The summed E-state index contributed by atoms with van der Waals surface area (Å²) in [5.41, 5.74) is 4.19. The van der Waals surface area contributed by atoms with Crippen molar-refractivity contribution in [2.45, 2.75) is 19.5 Å². The molecule has 1 aliphatic heterocycles. The van der Waals surface area contributed by atoms with Crippen LogP contribution in [0.5, 0.6) is 17.4 Å². The van der Waals surface area contributed by atoms with Gasteiger partial charge in [0, 0.05) is 56.1 Å². The van der Waals surface area contributed by atoms with Gasteiger partial charge in [-0.1, -0.05) is 6.07 Å². The smallest absolute Gasteiger partial charge is 0.212 e. The molecule has 28 heavy (non-hydrogen) atoms. The summed E-state index contributed by atoms with van der Waals surface area (Å²) in [6, 6.07) is 9.88. The Morgan fingerprint density at radius 3 is 2.75 bits per heavy atom. The van der Waals surface area contributed by atoms with Gasteiger partial charge in [-0.25, -0.2) is 4.98 Å². The number of methoxy groups -OCH3 is 1.